The van der Waals surface area contributed by atoms with Crippen LogP contribution < -0.4 is 4.18 Å². The van der Waals surface area contributed by atoms with Gasteiger partial charge in [-0.05, 0) is 12.1 Å². The first-order valence-electron chi connectivity index (χ1n) is 3.02. The molecule has 0 N–H and O–H groups in total. The van der Waals surface area contributed by atoms with Crippen molar-refractivity contribution in [2.45, 2.75) is 0 Å². The molecule has 0 aliphatic rings. The van der Waals surface area contributed by atoms with Crippen molar-refractivity contribution >= 4 is 10.1 Å². The predicted octanol–water partition coefficient (Wildman–Crippen LogP) is 1.02. The molecule has 68 valence electrons. The van der Waals surface area contributed by atoms with E-state index in [9.17, 15) is 8.42 Å². The van der Waals surface area contributed by atoms with Crippen LogP contribution in [0.5, 0.6) is 5.75 Å². The van der Waals surface area contributed by atoms with E-state index in [2.05, 4.69) is 4.18 Å². The molecule has 0 unspecified atom stereocenters. The van der Waals surface area contributed by atoms with Gasteiger partial charge in [0.15, 0.2) is 0 Å². The molecule has 1 rings (SSSR count). The van der Waals surface area contributed by atoms with E-state index >= 15 is 0 Å². The topological polar surface area (TPSA) is 43.4 Å². The first kappa shape index (κ1) is 11.5. The molecule has 1 aromatic carbocycles. The summed E-state index contributed by atoms with van der Waals surface area (Å²) in [6.07, 6.45) is 1.01. The molecule has 0 bridgehead atoms. The van der Waals surface area contributed by atoms with E-state index in [0.29, 0.717) is 5.75 Å². The number of rotatable bonds is 2. The number of hydrogen-bond acceptors (Lipinski definition) is 3. The van der Waals surface area contributed by atoms with Gasteiger partial charge in [0.2, 0.25) is 0 Å². The molecule has 5 heteroatoms. The van der Waals surface area contributed by atoms with Gasteiger partial charge in [0, 0.05) is 17.1 Å². The van der Waals surface area contributed by atoms with Crippen molar-refractivity contribution in [3.8, 4) is 5.75 Å². The molecule has 0 saturated carbocycles. The fraction of sp³-hybridized carbons (Fsp3) is 0.143. The van der Waals surface area contributed by atoms with Gasteiger partial charge in [0.05, 0.1) is 6.26 Å². The van der Waals surface area contributed by atoms with Crippen molar-refractivity contribution in [1.82, 2.24) is 0 Å². The van der Waals surface area contributed by atoms with Crippen LogP contribution in [0, 0.1) is 0 Å². The Balaban J connectivity index is 0.00000121. The average Bonchev–Trinajstić information content (AvgIpc) is 1.85. The van der Waals surface area contributed by atoms with Crippen LogP contribution in [0.4, 0.5) is 0 Å². The Labute approximate surface area is 82.3 Å². The molecule has 0 radical (unpaired) electrons. The third-order valence-electron chi connectivity index (χ3n) is 0.991. The average molecular weight is 228 g/mol. The first-order valence-corrected chi connectivity index (χ1v) is 4.84. The van der Waals surface area contributed by atoms with Crippen LogP contribution in [0.25, 0.3) is 0 Å². The smallest absolute Gasteiger partial charge is 0.306 e. The molecule has 0 amide bonds. The Hall–Kier alpha value is -0.511. The molecule has 0 spiro atoms. The standard InChI is InChI=1S/C7H8O3S.Fe/c1-11(8,9)10-7-5-3-2-4-6-7;/h2-6H,1H3;. The van der Waals surface area contributed by atoms with Crippen LogP contribution in [-0.2, 0) is 27.2 Å². The van der Waals surface area contributed by atoms with Crippen LogP contribution in [0.15, 0.2) is 30.3 Å². The minimum absolute atomic E-state index is 0. The number of benzene rings is 1. The maximum Gasteiger partial charge on any atom is 0.306 e. The summed E-state index contributed by atoms with van der Waals surface area (Å²) < 4.78 is 25.7. The zero-order valence-electron chi connectivity index (χ0n) is 6.37. The van der Waals surface area contributed by atoms with Gasteiger partial charge in [-0.2, -0.15) is 8.42 Å². The normalized spacial score (nSPS) is 10.1. The number of hydrogen-bond donors (Lipinski definition) is 0. The quantitative estimate of drug-likeness (QED) is 0.560. The van der Waals surface area contributed by atoms with Gasteiger partial charge in [0.25, 0.3) is 0 Å². The predicted molar refractivity (Wildman–Crippen MR) is 41.9 cm³/mol. The van der Waals surface area contributed by atoms with E-state index in [1.165, 1.54) is 0 Å². The molecule has 12 heavy (non-hydrogen) atoms. The largest absolute Gasteiger partial charge is 0.383 e. The van der Waals surface area contributed by atoms with Crippen LogP contribution in [0.1, 0.15) is 0 Å². The van der Waals surface area contributed by atoms with E-state index in [1.807, 2.05) is 0 Å². The third-order valence-corrected chi connectivity index (χ3v) is 1.49. The summed E-state index contributed by atoms with van der Waals surface area (Å²) in [5.74, 6) is 0.343. The summed E-state index contributed by atoms with van der Waals surface area (Å²) >= 11 is 0. The van der Waals surface area contributed by atoms with Crippen LogP contribution >= 0.6 is 0 Å². The SMILES string of the molecule is CS(=O)(=O)Oc1ccccc1.[Fe]. The molecule has 0 atom stereocenters. The molecule has 3 nitrogen and oxygen atoms in total. The second-order valence-electron chi connectivity index (χ2n) is 2.10. The monoisotopic (exact) mass is 228 g/mol. The summed E-state index contributed by atoms with van der Waals surface area (Å²) in [4.78, 5) is 0. The fourth-order valence-electron chi connectivity index (χ4n) is 0.651. The van der Waals surface area contributed by atoms with Crippen LogP contribution in [-0.4, -0.2) is 14.7 Å². The van der Waals surface area contributed by atoms with E-state index in [0.717, 1.165) is 6.26 Å². The van der Waals surface area contributed by atoms with Crippen LogP contribution in [0.2, 0.25) is 0 Å². The van der Waals surface area contributed by atoms with Crippen molar-refractivity contribution in [1.29, 1.82) is 0 Å². The molecule has 0 fully saturated rings. The molecule has 0 aliphatic carbocycles. The zero-order valence-corrected chi connectivity index (χ0v) is 8.29. The van der Waals surface area contributed by atoms with Crippen molar-refractivity contribution in [2.75, 3.05) is 6.26 Å². The van der Waals surface area contributed by atoms with Crippen LogP contribution in [0.3, 0.4) is 0 Å². The molecular weight excluding hydrogens is 220 g/mol. The second-order valence-corrected chi connectivity index (χ2v) is 3.68. The summed E-state index contributed by atoms with van der Waals surface area (Å²) in [5.41, 5.74) is 0. The molecule has 0 aliphatic heterocycles. The van der Waals surface area contributed by atoms with Gasteiger partial charge in [-0.3, -0.25) is 0 Å². The van der Waals surface area contributed by atoms with Crippen molar-refractivity contribution < 1.29 is 29.7 Å². The first-order chi connectivity index (χ1) is 5.08. The Morgan fingerprint density at radius 3 is 2.08 bits per heavy atom. The Bertz CT molecular complexity index is 320. The molecule has 1 aromatic rings. The maximum atomic E-state index is 10.6. The van der Waals surface area contributed by atoms with Gasteiger partial charge in [0.1, 0.15) is 5.75 Å². The Morgan fingerprint density at radius 1 is 1.17 bits per heavy atom. The van der Waals surface area contributed by atoms with Gasteiger partial charge in [-0.1, -0.05) is 18.2 Å². The van der Waals surface area contributed by atoms with Gasteiger partial charge >= 0.3 is 10.1 Å². The maximum absolute atomic E-state index is 10.6. The van der Waals surface area contributed by atoms with Gasteiger partial charge in [-0.15, -0.1) is 0 Å². The van der Waals surface area contributed by atoms with Crippen molar-refractivity contribution in [2.24, 2.45) is 0 Å². The zero-order chi connectivity index (χ0) is 8.32. The summed E-state index contributed by atoms with van der Waals surface area (Å²) in [5, 5.41) is 0. The van der Waals surface area contributed by atoms with Crippen molar-refractivity contribution in [3.63, 3.8) is 0 Å². The fourth-order valence-corrected chi connectivity index (χ4v) is 1.11. The second kappa shape index (κ2) is 4.50. The van der Waals surface area contributed by atoms with E-state index in [1.54, 1.807) is 30.3 Å². The molecular formula is C7H8FeO3S. The summed E-state index contributed by atoms with van der Waals surface area (Å²) in [7, 11) is -3.38. The van der Waals surface area contributed by atoms with E-state index < -0.39 is 10.1 Å². The van der Waals surface area contributed by atoms with E-state index in [-0.39, 0.29) is 17.1 Å². The number of para-hydroxylation sites is 1. The van der Waals surface area contributed by atoms with Gasteiger partial charge < -0.3 is 4.18 Å². The van der Waals surface area contributed by atoms with Gasteiger partial charge in [-0.25, -0.2) is 0 Å². The molecule has 0 aromatic heterocycles. The van der Waals surface area contributed by atoms with E-state index in [4.69, 9.17) is 0 Å². The minimum atomic E-state index is -3.38. The summed E-state index contributed by atoms with van der Waals surface area (Å²) in [6.45, 7) is 0. The molecule has 0 saturated heterocycles. The minimum Gasteiger partial charge on any atom is -0.383 e. The molecule has 0 heterocycles. The van der Waals surface area contributed by atoms with Crippen molar-refractivity contribution in [3.05, 3.63) is 30.3 Å². The third kappa shape index (κ3) is 4.38. The Morgan fingerprint density at radius 2 is 1.67 bits per heavy atom. The Kier molecular flexibility index (Phi) is 4.31. The summed E-state index contributed by atoms with van der Waals surface area (Å²) in [6, 6.07) is 8.37.